The van der Waals surface area contributed by atoms with Gasteiger partial charge in [0, 0.05) is 5.56 Å². The van der Waals surface area contributed by atoms with Gasteiger partial charge in [-0.15, -0.1) is 0 Å². The molecule has 1 atom stereocenters. The average Bonchev–Trinajstić information content (AvgIpc) is 3.35. The highest BCUT2D eigenvalue weighted by Crippen LogP contribution is 2.44. The summed E-state index contributed by atoms with van der Waals surface area (Å²) in [5.41, 5.74) is 1.87. The Kier molecular flexibility index (Phi) is 6.53. The number of aliphatic hydroxyl groups excluding tert-OH is 1. The largest absolute Gasteiger partial charge is 0.507 e. The van der Waals surface area contributed by atoms with E-state index in [1.165, 1.54) is 24.1 Å². The second kappa shape index (κ2) is 9.31. The summed E-state index contributed by atoms with van der Waals surface area (Å²) in [5, 5.41) is 11.3. The van der Waals surface area contributed by atoms with Crippen LogP contribution >= 0.6 is 11.3 Å². The minimum atomic E-state index is -1.01. The molecule has 2 heterocycles. The third-order valence-corrected chi connectivity index (χ3v) is 7.15. The average molecular weight is 509 g/mol. The molecule has 1 amide bonds. The number of anilines is 1. The molecule has 3 aromatic rings. The summed E-state index contributed by atoms with van der Waals surface area (Å²) in [4.78, 5) is 44.5. The van der Waals surface area contributed by atoms with E-state index in [-0.39, 0.29) is 26.6 Å². The van der Waals surface area contributed by atoms with Crippen molar-refractivity contribution in [1.82, 2.24) is 4.98 Å². The van der Waals surface area contributed by atoms with Crippen LogP contribution in [0.5, 0.6) is 0 Å². The molecule has 186 valence electrons. The molecule has 2 aromatic carbocycles. The van der Waals surface area contributed by atoms with Crippen molar-refractivity contribution in [2.45, 2.75) is 39.2 Å². The van der Waals surface area contributed by atoms with Crippen molar-refractivity contribution in [1.29, 1.82) is 0 Å². The van der Waals surface area contributed by atoms with Crippen molar-refractivity contribution in [3.63, 3.8) is 0 Å². The zero-order chi connectivity index (χ0) is 26.4. The standard InChI is InChI=1S/C27H25FN2O5S/c1-14-23(25(34)35-5)36-26(29-14)30-20(15-6-10-17(11-7-15)27(2,3)4)19(22(32)24(30)33)21(31)16-8-12-18(28)13-9-16/h6-13,20,31H,1-5H3/t20-/m0/s1. The summed E-state index contributed by atoms with van der Waals surface area (Å²) < 4.78 is 18.3. The maximum absolute atomic E-state index is 13.5. The third-order valence-electron chi connectivity index (χ3n) is 6.02. The molecule has 1 saturated heterocycles. The number of ether oxygens (including phenoxy) is 1. The topological polar surface area (TPSA) is 96.8 Å². The first-order chi connectivity index (χ1) is 16.9. The Morgan fingerprint density at radius 2 is 1.69 bits per heavy atom. The molecule has 1 aliphatic rings. The zero-order valence-electron chi connectivity index (χ0n) is 20.5. The minimum Gasteiger partial charge on any atom is -0.507 e. The first-order valence-electron chi connectivity index (χ1n) is 11.2. The molecule has 0 unspecified atom stereocenters. The van der Waals surface area contributed by atoms with Crippen LogP contribution in [0.3, 0.4) is 0 Å². The summed E-state index contributed by atoms with van der Waals surface area (Å²) in [7, 11) is 1.24. The van der Waals surface area contributed by atoms with E-state index in [0.29, 0.717) is 11.3 Å². The van der Waals surface area contributed by atoms with Crippen LogP contribution < -0.4 is 4.90 Å². The SMILES string of the molecule is COC(=O)c1sc(N2C(=O)C(=O)C(=C(O)c3ccc(F)cc3)[C@@H]2c2ccc(C(C)(C)C)cc2)nc1C. The quantitative estimate of drug-likeness (QED) is 0.222. The van der Waals surface area contributed by atoms with Gasteiger partial charge in [-0.3, -0.25) is 14.5 Å². The van der Waals surface area contributed by atoms with Gasteiger partial charge < -0.3 is 9.84 Å². The van der Waals surface area contributed by atoms with Crippen LogP contribution in [0.15, 0.2) is 54.1 Å². The molecule has 0 bridgehead atoms. The molecule has 0 aliphatic carbocycles. The number of hydrogen-bond donors (Lipinski definition) is 1. The number of Topliss-reactive ketones (excluding diaryl/α,β-unsaturated/α-hetero) is 1. The van der Waals surface area contributed by atoms with Crippen LogP contribution in [0.1, 0.15) is 58.9 Å². The van der Waals surface area contributed by atoms with Crippen LogP contribution in [0.25, 0.3) is 5.76 Å². The lowest BCUT2D eigenvalue weighted by Gasteiger charge is -2.24. The molecule has 4 rings (SSSR count). The van der Waals surface area contributed by atoms with E-state index in [2.05, 4.69) is 25.8 Å². The molecule has 1 aliphatic heterocycles. The van der Waals surface area contributed by atoms with Gasteiger partial charge in [-0.25, -0.2) is 14.2 Å². The number of ketones is 1. The number of rotatable bonds is 4. The summed E-state index contributed by atoms with van der Waals surface area (Å²) in [6.07, 6.45) is 0. The molecular formula is C27H25FN2O5S. The number of halogens is 1. The number of aliphatic hydroxyl groups is 1. The number of methoxy groups -OCH3 is 1. The highest BCUT2D eigenvalue weighted by Gasteiger charge is 2.48. The van der Waals surface area contributed by atoms with Crippen molar-refractivity contribution in [3.8, 4) is 0 Å². The fraction of sp³-hybridized carbons (Fsp3) is 0.259. The van der Waals surface area contributed by atoms with E-state index in [1.54, 1.807) is 19.1 Å². The summed E-state index contributed by atoms with van der Waals surface area (Å²) in [6, 6.07) is 11.4. The first-order valence-corrected chi connectivity index (χ1v) is 12.0. The maximum Gasteiger partial charge on any atom is 0.350 e. The second-order valence-corrected chi connectivity index (χ2v) is 10.4. The number of nitrogens with zero attached hydrogens (tertiary/aromatic N) is 2. The van der Waals surface area contributed by atoms with Gasteiger partial charge in [0.2, 0.25) is 0 Å². The van der Waals surface area contributed by atoms with Crippen molar-refractivity contribution in [3.05, 3.63) is 87.2 Å². The summed E-state index contributed by atoms with van der Waals surface area (Å²) >= 11 is 0.926. The lowest BCUT2D eigenvalue weighted by atomic mass is 9.85. The third kappa shape index (κ3) is 4.42. The number of aromatic nitrogens is 1. The van der Waals surface area contributed by atoms with Gasteiger partial charge in [-0.1, -0.05) is 56.4 Å². The minimum absolute atomic E-state index is 0.123. The number of aryl methyl sites for hydroxylation is 1. The van der Waals surface area contributed by atoms with Gasteiger partial charge in [0.05, 0.1) is 24.4 Å². The molecule has 0 saturated carbocycles. The molecular weight excluding hydrogens is 483 g/mol. The smallest absolute Gasteiger partial charge is 0.350 e. The van der Waals surface area contributed by atoms with Crippen LogP contribution in [0.4, 0.5) is 9.52 Å². The van der Waals surface area contributed by atoms with Gasteiger partial charge in [0.25, 0.3) is 5.78 Å². The van der Waals surface area contributed by atoms with Gasteiger partial charge in [0.15, 0.2) is 5.13 Å². The molecule has 0 spiro atoms. The Morgan fingerprint density at radius 3 is 2.25 bits per heavy atom. The van der Waals surface area contributed by atoms with Crippen LogP contribution in [-0.2, 0) is 19.7 Å². The van der Waals surface area contributed by atoms with Crippen molar-refractivity contribution >= 4 is 39.9 Å². The Morgan fingerprint density at radius 1 is 1.08 bits per heavy atom. The van der Waals surface area contributed by atoms with Crippen LogP contribution in [0.2, 0.25) is 0 Å². The number of hydrogen-bond acceptors (Lipinski definition) is 7. The van der Waals surface area contributed by atoms with Crippen molar-refractivity contribution in [2.75, 3.05) is 12.0 Å². The second-order valence-electron chi connectivity index (χ2n) is 9.45. The summed E-state index contributed by atoms with van der Waals surface area (Å²) in [5.74, 6) is -3.34. The van der Waals surface area contributed by atoms with Crippen LogP contribution in [-0.4, -0.2) is 34.9 Å². The van der Waals surface area contributed by atoms with E-state index in [9.17, 15) is 23.9 Å². The Labute approximate surface area is 211 Å². The highest BCUT2D eigenvalue weighted by atomic mass is 32.1. The fourth-order valence-corrected chi connectivity index (χ4v) is 5.05. The van der Waals surface area contributed by atoms with Crippen molar-refractivity contribution < 1.29 is 28.6 Å². The maximum atomic E-state index is 13.5. The van der Waals surface area contributed by atoms with Gasteiger partial charge >= 0.3 is 11.9 Å². The number of esters is 1. The Hall–Kier alpha value is -3.85. The Bertz CT molecular complexity index is 1390. The van der Waals surface area contributed by atoms with Gasteiger partial charge in [0.1, 0.15) is 16.5 Å². The fourth-order valence-electron chi connectivity index (χ4n) is 4.04. The van der Waals surface area contributed by atoms with E-state index >= 15 is 0 Å². The number of carbonyl (C=O) groups excluding carboxylic acids is 3. The highest BCUT2D eigenvalue weighted by molar-refractivity contribution is 7.17. The molecule has 1 fully saturated rings. The monoisotopic (exact) mass is 508 g/mol. The molecule has 9 heteroatoms. The van der Waals surface area contributed by atoms with E-state index in [1.807, 2.05) is 12.1 Å². The molecule has 1 N–H and O–H groups in total. The lowest BCUT2D eigenvalue weighted by molar-refractivity contribution is -0.132. The summed E-state index contributed by atoms with van der Waals surface area (Å²) in [6.45, 7) is 7.80. The van der Waals surface area contributed by atoms with E-state index in [4.69, 9.17) is 4.74 Å². The molecule has 7 nitrogen and oxygen atoms in total. The van der Waals surface area contributed by atoms with Gasteiger partial charge in [-0.2, -0.15) is 0 Å². The predicted octanol–water partition coefficient (Wildman–Crippen LogP) is 5.30. The van der Waals surface area contributed by atoms with E-state index in [0.717, 1.165) is 29.0 Å². The lowest BCUT2D eigenvalue weighted by Crippen LogP contribution is -2.29. The van der Waals surface area contributed by atoms with Crippen LogP contribution in [0, 0.1) is 12.7 Å². The molecule has 1 aromatic heterocycles. The number of benzene rings is 2. The number of amides is 1. The zero-order valence-corrected chi connectivity index (χ0v) is 21.3. The first kappa shape index (κ1) is 25.2. The predicted molar refractivity (Wildman–Crippen MR) is 135 cm³/mol. The van der Waals surface area contributed by atoms with Gasteiger partial charge in [-0.05, 0) is 47.7 Å². The number of carbonyl (C=O) groups is 3. The molecule has 36 heavy (non-hydrogen) atoms. The number of thiazole rings is 1. The van der Waals surface area contributed by atoms with Crippen molar-refractivity contribution in [2.24, 2.45) is 0 Å². The Balaban J connectivity index is 1.93. The normalized spacial score (nSPS) is 17.5. The van der Waals surface area contributed by atoms with E-state index < -0.39 is 35.3 Å². The molecule has 0 radical (unpaired) electrons.